The zero-order chi connectivity index (χ0) is 21.0. The molecule has 3 aromatic rings. The Morgan fingerprint density at radius 3 is 2.55 bits per heavy atom. The van der Waals surface area contributed by atoms with Crippen LogP contribution in [0, 0.1) is 10.1 Å². The molecule has 0 amide bonds. The Morgan fingerprint density at radius 2 is 1.90 bits per heavy atom. The molecule has 0 saturated carbocycles. The van der Waals surface area contributed by atoms with Crippen molar-refractivity contribution in [2.24, 2.45) is 0 Å². The molecular weight excluding hydrogens is 398 g/mol. The fourth-order valence-corrected chi connectivity index (χ4v) is 4.12. The van der Waals surface area contributed by atoms with Crippen LogP contribution in [0.25, 0.3) is 10.9 Å². The average molecular weight is 417 g/mol. The maximum absolute atomic E-state index is 12.7. The van der Waals surface area contributed by atoms with E-state index in [-0.39, 0.29) is 23.6 Å². The van der Waals surface area contributed by atoms with Crippen molar-refractivity contribution >= 4 is 32.6 Å². The molecule has 0 spiro atoms. The molecule has 1 atom stereocenters. The Hall–Kier alpha value is -3.24. The third kappa shape index (κ3) is 4.61. The van der Waals surface area contributed by atoms with Crippen LogP contribution in [0.3, 0.4) is 0 Å². The highest BCUT2D eigenvalue weighted by Gasteiger charge is 2.28. The first kappa shape index (κ1) is 20.5. The summed E-state index contributed by atoms with van der Waals surface area (Å²) in [7, 11) is -4.11. The van der Waals surface area contributed by atoms with Gasteiger partial charge in [0.25, 0.3) is 5.69 Å². The van der Waals surface area contributed by atoms with Crippen molar-refractivity contribution in [3.05, 3.63) is 70.4 Å². The molecule has 152 valence electrons. The number of sulfonamides is 1. The van der Waals surface area contributed by atoms with Crippen molar-refractivity contribution in [3.8, 4) is 0 Å². The van der Waals surface area contributed by atoms with Gasteiger partial charge in [0.15, 0.2) is 0 Å². The van der Waals surface area contributed by atoms with Gasteiger partial charge in [-0.1, -0.05) is 18.2 Å². The first-order valence-corrected chi connectivity index (χ1v) is 10.3. The van der Waals surface area contributed by atoms with E-state index in [1.54, 1.807) is 13.1 Å². The lowest BCUT2D eigenvalue weighted by Crippen LogP contribution is -2.43. The number of aromatic amines is 1. The normalized spacial score (nSPS) is 12.6. The van der Waals surface area contributed by atoms with E-state index in [0.29, 0.717) is 0 Å². The van der Waals surface area contributed by atoms with Crippen molar-refractivity contribution in [2.45, 2.75) is 24.3 Å². The minimum absolute atomic E-state index is 0.0784. The monoisotopic (exact) mass is 417 g/mol. The number of fused-ring (bicyclic) bond motifs is 1. The summed E-state index contributed by atoms with van der Waals surface area (Å²) in [5.41, 5.74) is 1.39. The number of nitro groups is 1. The van der Waals surface area contributed by atoms with Gasteiger partial charge in [0.1, 0.15) is 6.04 Å². The number of hydrogen-bond donors (Lipinski definition) is 2. The maximum Gasteiger partial charge on any atom is 0.324 e. The minimum atomic E-state index is -4.11. The van der Waals surface area contributed by atoms with Crippen LogP contribution in [0.15, 0.2) is 59.6 Å². The second-order valence-electron chi connectivity index (χ2n) is 6.24. The van der Waals surface area contributed by atoms with Crippen molar-refractivity contribution in [3.63, 3.8) is 0 Å². The van der Waals surface area contributed by atoms with Crippen molar-refractivity contribution in [2.75, 3.05) is 6.61 Å². The fraction of sp³-hybridized carbons (Fsp3) is 0.211. The van der Waals surface area contributed by atoms with Crippen LogP contribution in [-0.2, 0) is 26.0 Å². The van der Waals surface area contributed by atoms with Crippen molar-refractivity contribution in [1.29, 1.82) is 0 Å². The van der Waals surface area contributed by atoms with Crippen molar-refractivity contribution in [1.82, 2.24) is 9.71 Å². The molecule has 29 heavy (non-hydrogen) atoms. The van der Waals surface area contributed by atoms with Gasteiger partial charge in [-0.05, 0) is 30.7 Å². The van der Waals surface area contributed by atoms with Gasteiger partial charge >= 0.3 is 5.97 Å². The molecule has 0 aliphatic heterocycles. The lowest BCUT2D eigenvalue weighted by Gasteiger charge is -2.17. The second-order valence-corrected chi connectivity index (χ2v) is 7.95. The maximum atomic E-state index is 12.7. The van der Waals surface area contributed by atoms with Gasteiger partial charge in [-0.3, -0.25) is 14.9 Å². The quantitative estimate of drug-likeness (QED) is 0.329. The molecule has 2 N–H and O–H groups in total. The lowest BCUT2D eigenvalue weighted by molar-refractivity contribution is -0.384. The molecule has 0 aliphatic carbocycles. The molecule has 0 bridgehead atoms. The smallest absolute Gasteiger partial charge is 0.324 e. The number of para-hydroxylation sites is 1. The number of ether oxygens (including phenoxy) is 1. The number of benzene rings is 2. The number of nitro benzene ring substituents is 1. The number of aromatic nitrogens is 1. The lowest BCUT2D eigenvalue weighted by atomic mass is 10.1. The Balaban J connectivity index is 1.88. The number of rotatable bonds is 8. The standard InChI is InChI=1S/C19H19N3O6S/c1-2-28-19(23)18(11-13-12-20-17-6-4-3-5-16(13)17)21-29(26,27)15-9-7-14(8-10-15)22(24)25/h3-10,12,18,20-21H,2,11H2,1H3. The van der Waals surface area contributed by atoms with E-state index in [0.717, 1.165) is 40.7 Å². The minimum Gasteiger partial charge on any atom is -0.465 e. The van der Waals surface area contributed by atoms with Crippen LogP contribution in [0.4, 0.5) is 5.69 Å². The van der Waals surface area contributed by atoms with Crippen LogP contribution in [-0.4, -0.2) is 36.9 Å². The zero-order valence-corrected chi connectivity index (χ0v) is 16.3. The highest BCUT2D eigenvalue weighted by molar-refractivity contribution is 7.89. The molecule has 0 radical (unpaired) electrons. The Bertz CT molecular complexity index is 1140. The van der Waals surface area contributed by atoms with E-state index < -0.39 is 27.0 Å². The third-order valence-electron chi connectivity index (χ3n) is 4.33. The summed E-state index contributed by atoms with van der Waals surface area (Å²) < 4.78 is 32.8. The first-order chi connectivity index (χ1) is 13.8. The summed E-state index contributed by atoms with van der Waals surface area (Å²) in [6.45, 7) is 1.73. The molecular formula is C19H19N3O6S. The molecule has 3 rings (SSSR count). The summed E-state index contributed by atoms with van der Waals surface area (Å²) in [5, 5.41) is 11.6. The van der Waals surface area contributed by atoms with E-state index in [9.17, 15) is 23.3 Å². The van der Waals surface area contributed by atoms with Gasteiger partial charge in [-0.2, -0.15) is 4.72 Å². The zero-order valence-electron chi connectivity index (χ0n) is 15.5. The molecule has 1 aromatic heterocycles. The number of nitrogens with zero attached hydrogens (tertiary/aromatic N) is 1. The second kappa shape index (κ2) is 8.41. The Morgan fingerprint density at radius 1 is 1.21 bits per heavy atom. The van der Waals surface area contributed by atoms with Crippen LogP contribution >= 0.6 is 0 Å². The summed E-state index contributed by atoms with van der Waals surface area (Å²) >= 11 is 0. The van der Waals surface area contributed by atoms with Gasteiger partial charge in [-0.25, -0.2) is 8.42 Å². The molecule has 10 heteroatoms. The molecule has 0 saturated heterocycles. The third-order valence-corrected chi connectivity index (χ3v) is 5.81. The summed E-state index contributed by atoms with van der Waals surface area (Å²) in [6, 6.07) is 10.7. The summed E-state index contributed by atoms with van der Waals surface area (Å²) in [5.74, 6) is -0.705. The number of H-pyrrole nitrogens is 1. The summed E-state index contributed by atoms with van der Waals surface area (Å²) in [4.78, 5) is 25.4. The largest absolute Gasteiger partial charge is 0.465 e. The van der Waals surface area contributed by atoms with Crippen LogP contribution < -0.4 is 4.72 Å². The van der Waals surface area contributed by atoms with Crippen molar-refractivity contribution < 1.29 is 22.9 Å². The van der Waals surface area contributed by atoms with E-state index in [1.807, 2.05) is 24.3 Å². The summed E-state index contributed by atoms with van der Waals surface area (Å²) in [6.07, 6.45) is 1.80. The number of carbonyl (C=O) groups excluding carboxylic acids is 1. The highest BCUT2D eigenvalue weighted by Crippen LogP contribution is 2.21. The van der Waals surface area contributed by atoms with E-state index >= 15 is 0 Å². The number of non-ortho nitro benzene ring substituents is 1. The number of nitrogens with one attached hydrogen (secondary N) is 2. The Labute approximate surface area is 166 Å². The molecule has 0 fully saturated rings. The molecule has 0 aliphatic rings. The van der Waals surface area contributed by atoms with E-state index in [2.05, 4.69) is 9.71 Å². The molecule has 9 nitrogen and oxygen atoms in total. The van der Waals surface area contributed by atoms with Gasteiger partial charge in [0.2, 0.25) is 10.0 Å². The fourth-order valence-electron chi connectivity index (χ4n) is 2.94. The average Bonchev–Trinajstić information content (AvgIpc) is 3.10. The van der Waals surface area contributed by atoms with Crippen LogP contribution in [0.1, 0.15) is 12.5 Å². The highest BCUT2D eigenvalue weighted by atomic mass is 32.2. The SMILES string of the molecule is CCOC(=O)C(Cc1c[nH]c2ccccc12)NS(=O)(=O)c1ccc([N+](=O)[O-])cc1. The Kier molecular flexibility index (Phi) is 5.95. The molecule has 1 heterocycles. The van der Waals surface area contributed by atoms with Gasteiger partial charge in [-0.15, -0.1) is 0 Å². The van der Waals surface area contributed by atoms with E-state index in [4.69, 9.17) is 4.74 Å². The predicted octanol–water partition coefficient (Wildman–Crippen LogP) is 2.53. The van der Waals surface area contributed by atoms with Gasteiger partial charge in [0.05, 0.1) is 16.4 Å². The predicted molar refractivity (Wildman–Crippen MR) is 106 cm³/mol. The molecule has 1 unspecified atom stereocenters. The van der Waals surface area contributed by atoms with Crippen LogP contribution in [0.2, 0.25) is 0 Å². The topological polar surface area (TPSA) is 131 Å². The first-order valence-electron chi connectivity index (χ1n) is 8.80. The van der Waals surface area contributed by atoms with Gasteiger partial charge in [0, 0.05) is 35.7 Å². The number of esters is 1. The van der Waals surface area contributed by atoms with Crippen LogP contribution in [0.5, 0.6) is 0 Å². The van der Waals surface area contributed by atoms with E-state index in [1.165, 1.54) is 0 Å². The number of carbonyl (C=O) groups is 1. The molecule has 2 aromatic carbocycles. The van der Waals surface area contributed by atoms with Gasteiger partial charge < -0.3 is 9.72 Å². The number of hydrogen-bond acceptors (Lipinski definition) is 6.